The second kappa shape index (κ2) is 60.0. The molecule has 0 heterocycles. The number of rotatable bonds is 65. The predicted molar refractivity (Wildman–Crippen MR) is 508 cm³/mol. The molecule has 123 heavy (non-hydrogen) atoms. The maximum absolute atomic E-state index is 13.1. The lowest BCUT2D eigenvalue weighted by molar-refractivity contribution is -0.154. The molecule has 0 radical (unpaired) electrons. The van der Waals surface area contributed by atoms with Gasteiger partial charge in [-0.1, -0.05) is 306 Å². The van der Waals surface area contributed by atoms with Crippen molar-refractivity contribution >= 4 is 34.6 Å². The highest BCUT2D eigenvalue weighted by Gasteiger charge is 2.27. The summed E-state index contributed by atoms with van der Waals surface area (Å²) in [5.41, 5.74) is 7.23. The molecule has 0 unspecified atom stereocenters. The van der Waals surface area contributed by atoms with Crippen molar-refractivity contribution in [1.29, 1.82) is 0 Å². The number of ether oxygens (including phenoxy) is 9. The number of hydrogen-bond donors (Lipinski definition) is 0. The fraction of sp³-hybridized carbons (Fsp3) is 0.595. The van der Waals surface area contributed by atoms with E-state index in [-0.39, 0.29) is 6.29 Å². The molecule has 9 rings (SSSR count). The molecule has 12 heteroatoms. The molecule has 3 saturated carbocycles. The summed E-state index contributed by atoms with van der Waals surface area (Å²) in [6, 6.07) is 47.2. The van der Waals surface area contributed by atoms with E-state index in [1.54, 1.807) is 0 Å². The third-order valence-electron chi connectivity index (χ3n) is 26.4. The average molecular weight is 1680 g/mol. The van der Waals surface area contributed by atoms with Gasteiger partial charge >= 0.3 is 17.9 Å². The first-order chi connectivity index (χ1) is 60.4. The van der Waals surface area contributed by atoms with Gasteiger partial charge in [-0.05, 0) is 257 Å². The Labute approximate surface area is 744 Å². The predicted octanol–water partition coefficient (Wildman–Crippen LogP) is 30.8. The highest BCUT2D eigenvalue weighted by atomic mass is 16.7. The van der Waals surface area contributed by atoms with Crippen molar-refractivity contribution in [2.45, 2.75) is 359 Å². The van der Waals surface area contributed by atoms with Crippen LogP contribution in [-0.2, 0) is 28.6 Å². The summed E-state index contributed by atoms with van der Waals surface area (Å²) < 4.78 is 54.5. The van der Waals surface area contributed by atoms with Crippen LogP contribution in [0.5, 0.6) is 34.5 Å². The fourth-order valence-corrected chi connectivity index (χ4v) is 18.3. The second-order valence-corrected chi connectivity index (χ2v) is 36.1. The maximum Gasteiger partial charge on any atom is 0.343 e. The first kappa shape index (κ1) is 99.0. The molecule has 0 atom stereocenters. The number of benzene rings is 6. The Hall–Kier alpha value is -7.77. The third kappa shape index (κ3) is 38.9. The zero-order chi connectivity index (χ0) is 86.4. The summed E-state index contributed by atoms with van der Waals surface area (Å²) in [6.07, 6.45) is 59.6. The Kier molecular flexibility index (Phi) is 48.3. The fourth-order valence-electron chi connectivity index (χ4n) is 18.3. The minimum Gasteiger partial charge on any atom is -0.494 e. The molecular weight excluding hydrogens is 1530 g/mol. The van der Waals surface area contributed by atoms with Crippen LogP contribution in [0.2, 0.25) is 0 Å². The topological polar surface area (TPSA) is 134 Å². The van der Waals surface area contributed by atoms with Crippen LogP contribution in [0.15, 0.2) is 165 Å². The Morgan fingerprint density at radius 3 is 0.764 bits per heavy atom. The van der Waals surface area contributed by atoms with Crippen molar-refractivity contribution in [2.75, 3.05) is 46.2 Å². The molecule has 12 nitrogen and oxygen atoms in total. The van der Waals surface area contributed by atoms with Crippen LogP contribution in [-0.4, -0.2) is 70.4 Å². The van der Waals surface area contributed by atoms with Gasteiger partial charge in [0.25, 0.3) is 0 Å². The van der Waals surface area contributed by atoms with Gasteiger partial charge in [0.05, 0.1) is 43.1 Å². The Balaban J connectivity index is 0.581. The van der Waals surface area contributed by atoms with Gasteiger partial charge in [-0.3, -0.25) is 0 Å². The van der Waals surface area contributed by atoms with Crippen molar-refractivity contribution in [3.05, 3.63) is 199 Å². The molecule has 3 aliphatic carbocycles. The summed E-state index contributed by atoms with van der Waals surface area (Å²) in [6.45, 7) is 23.8. The van der Waals surface area contributed by atoms with Crippen molar-refractivity contribution in [3.8, 4) is 34.5 Å². The van der Waals surface area contributed by atoms with E-state index in [9.17, 15) is 14.4 Å². The lowest BCUT2D eigenvalue weighted by atomic mass is 9.77. The summed E-state index contributed by atoms with van der Waals surface area (Å²) in [5, 5.41) is 0. The molecule has 6 aromatic carbocycles. The van der Waals surface area contributed by atoms with Gasteiger partial charge in [0.15, 0.2) is 6.29 Å². The Morgan fingerprint density at radius 1 is 0.268 bits per heavy atom. The van der Waals surface area contributed by atoms with Crippen LogP contribution < -0.4 is 28.4 Å². The summed E-state index contributed by atoms with van der Waals surface area (Å²) in [5.74, 6) is 7.17. The zero-order valence-electron chi connectivity index (χ0n) is 76.5. The van der Waals surface area contributed by atoms with E-state index in [1.807, 2.05) is 109 Å². The van der Waals surface area contributed by atoms with E-state index in [1.165, 1.54) is 254 Å². The lowest BCUT2D eigenvalue weighted by Gasteiger charge is -2.29. The zero-order valence-corrected chi connectivity index (χ0v) is 76.5. The molecule has 3 fully saturated rings. The van der Waals surface area contributed by atoms with Crippen molar-refractivity contribution in [1.82, 2.24) is 0 Å². The SMILES string of the molecule is C=C(C(=O)Oc1ccc(C2CCC(CCCCC)CC2)cc1)c1ccc(OCCCCCCCCCCOCCC(OCCCCCCCCCCOc2ccc(C(=C)C(=O)Oc3ccc(C4CCC(CCCCC)CC4)cc3)cc2)OCCCCCCCCCCOc2ccc(C(=C)C(=O)Oc3ccc(C4CCC(CCCCC)CC4)cc3)cc2)cc1. The number of carbonyl (C=O) groups is 3. The minimum atomic E-state index is -0.437. The molecule has 0 spiro atoms. The molecule has 0 N–H and O–H groups in total. The van der Waals surface area contributed by atoms with Gasteiger partial charge in [-0.25, -0.2) is 14.4 Å². The summed E-state index contributed by atoms with van der Waals surface area (Å²) in [7, 11) is 0. The maximum atomic E-state index is 13.1. The van der Waals surface area contributed by atoms with E-state index < -0.39 is 17.9 Å². The second-order valence-electron chi connectivity index (χ2n) is 36.1. The van der Waals surface area contributed by atoms with Gasteiger partial charge in [-0.2, -0.15) is 0 Å². The summed E-state index contributed by atoms with van der Waals surface area (Å²) >= 11 is 0. The minimum absolute atomic E-state index is 0.249. The van der Waals surface area contributed by atoms with Crippen LogP contribution in [0.3, 0.4) is 0 Å². The smallest absolute Gasteiger partial charge is 0.343 e. The molecule has 0 amide bonds. The van der Waals surface area contributed by atoms with Crippen LogP contribution in [0.25, 0.3) is 16.7 Å². The lowest BCUT2D eigenvalue weighted by Crippen LogP contribution is -2.21. The van der Waals surface area contributed by atoms with E-state index in [0.29, 0.717) is 91.4 Å². The Morgan fingerprint density at radius 2 is 0.504 bits per heavy atom. The first-order valence-corrected chi connectivity index (χ1v) is 49.4. The normalized spacial score (nSPS) is 17.4. The molecule has 6 aromatic rings. The van der Waals surface area contributed by atoms with Crippen LogP contribution >= 0.6 is 0 Å². The quantitative estimate of drug-likeness (QED) is 0.0118. The van der Waals surface area contributed by atoms with E-state index >= 15 is 0 Å². The monoisotopic (exact) mass is 1680 g/mol. The first-order valence-electron chi connectivity index (χ1n) is 49.4. The summed E-state index contributed by atoms with van der Waals surface area (Å²) in [4.78, 5) is 39.3. The molecule has 674 valence electrons. The van der Waals surface area contributed by atoms with Gasteiger partial charge < -0.3 is 42.6 Å². The standard InChI is InChI=1S/C111H158O12/c1-7-10-31-40-90-43-49-96(50-44-90)99-61-73-105(74-62-99)121-109(112)87(4)93-55-67-102(68-56-93)116-81-35-26-20-14-13-19-25-34-80-115-86-79-108(119-84-38-29-23-17-15-21-27-36-82-117-103-69-57-94(58-70-103)88(5)110(113)122-106-75-63-100(64-76-106)97-51-45-91(46-52-97)41-32-11-8-2)120-85-39-30-24-18-16-22-28-37-83-118-104-71-59-95(60-72-104)89(6)111(114)123-107-77-65-101(66-78-107)98-53-47-92(48-54-98)42-33-12-9-3/h55-78,90-92,96-98,108H,4-54,79-86H2,1-3H3. The van der Waals surface area contributed by atoms with E-state index in [0.717, 1.165) is 135 Å². The average Bonchev–Trinajstić information content (AvgIpc) is 0.848. The molecule has 0 saturated heterocycles. The van der Waals surface area contributed by atoms with Crippen molar-refractivity contribution < 1.29 is 57.0 Å². The van der Waals surface area contributed by atoms with E-state index in [2.05, 4.69) is 76.9 Å². The molecule has 0 aliphatic heterocycles. The third-order valence-corrected chi connectivity index (χ3v) is 26.4. The van der Waals surface area contributed by atoms with Crippen LogP contribution in [0, 0.1) is 17.8 Å². The van der Waals surface area contributed by atoms with Gasteiger partial charge in [-0.15, -0.1) is 0 Å². The number of esters is 3. The number of unbranched alkanes of at least 4 members (excludes halogenated alkanes) is 27. The molecule has 3 aliphatic rings. The molecule has 0 bridgehead atoms. The largest absolute Gasteiger partial charge is 0.494 e. The number of hydrogen-bond acceptors (Lipinski definition) is 12. The van der Waals surface area contributed by atoms with Gasteiger partial charge in [0.2, 0.25) is 0 Å². The highest BCUT2D eigenvalue weighted by Crippen LogP contribution is 2.42. The van der Waals surface area contributed by atoms with Crippen LogP contribution in [0.1, 0.15) is 387 Å². The van der Waals surface area contributed by atoms with Crippen LogP contribution in [0.4, 0.5) is 0 Å². The number of carbonyl (C=O) groups excluding carboxylic acids is 3. The van der Waals surface area contributed by atoms with Gasteiger partial charge in [0, 0.05) is 26.2 Å². The van der Waals surface area contributed by atoms with Crippen molar-refractivity contribution in [2.24, 2.45) is 17.8 Å². The van der Waals surface area contributed by atoms with E-state index in [4.69, 9.17) is 42.6 Å². The highest BCUT2D eigenvalue weighted by molar-refractivity contribution is 6.17. The Bertz CT molecular complexity index is 3670. The van der Waals surface area contributed by atoms with Crippen molar-refractivity contribution in [3.63, 3.8) is 0 Å². The molecular formula is C111H158O12. The molecule has 0 aromatic heterocycles. The van der Waals surface area contributed by atoms with Gasteiger partial charge in [0.1, 0.15) is 34.5 Å².